The Morgan fingerprint density at radius 3 is 2.58 bits per heavy atom. The number of aliphatic hydroxyl groups is 1. The van der Waals surface area contributed by atoms with Crippen molar-refractivity contribution in [2.75, 3.05) is 6.61 Å². The van der Waals surface area contributed by atoms with Crippen LogP contribution in [0.1, 0.15) is 17.2 Å². The fraction of sp³-hybridized carbons (Fsp3) is 0.133. The summed E-state index contributed by atoms with van der Waals surface area (Å²) < 4.78 is 1.03. The lowest BCUT2D eigenvalue weighted by atomic mass is 10.1. The molecule has 0 bridgehead atoms. The SMILES string of the molecule is OC[C@@H](N=Cc1cc(I)ccc1O)c1ccccc1. The van der Waals surface area contributed by atoms with E-state index in [0.717, 1.165) is 9.13 Å². The molecule has 0 aliphatic carbocycles. The maximum absolute atomic E-state index is 9.73. The molecule has 0 saturated heterocycles. The molecule has 0 amide bonds. The Morgan fingerprint density at radius 2 is 1.89 bits per heavy atom. The lowest BCUT2D eigenvalue weighted by molar-refractivity contribution is 0.269. The lowest BCUT2D eigenvalue weighted by Crippen LogP contribution is -2.01. The molecule has 2 N–H and O–H groups in total. The van der Waals surface area contributed by atoms with Crippen molar-refractivity contribution in [1.29, 1.82) is 0 Å². The molecule has 2 aromatic carbocycles. The van der Waals surface area contributed by atoms with E-state index in [9.17, 15) is 10.2 Å². The van der Waals surface area contributed by atoms with Gasteiger partial charge < -0.3 is 10.2 Å². The predicted molar refractivity (Wildman–Crippen MR) is 84.7 cm³/mol. The zero-order chi connectivity index (χ0) is 13.7. The van der Waals surface area contributed by atoms with Gasteiger partial charge in [0, 0.05) is 15.3 Å². The topological polar surface area (TPSA) is 52.8 Å². The number of hydrogen-bond acceptors (Lipinski definition) is 3. The average molecular weight is 367 g/mol. The number of aromatic hydroxyl groups is 1. The highest BCUT2D eigenvalue weighted by Crippen LogP contribution is 2.20. The van der Waals surface area contributed by atoms with E-state index in [1.807, 2.05) is 42.5 Å². The van der Waals surface area contributed by atoms with Crippen molar-refractivity contribution < 1.29 is 10.2 Å². The number of nitrogens with zero attached hydrogens (tertiary/aromatic N) is 1. The molecule has 98 valence electrons. The maximum atomic E-state index is 9.73. The summed E-state index contributed by atoms with van der Waals surface area (Å²) in [5.74, 6) is 0.189. The van der Waals surface area contributed by atoms with Crippen LogP contribution in [0.2, 0.25) is 0 Å². The van der Waals surface area contributed by atoms with Gasteiger partial charge in [0.1, 0.15) is 5.75 Å². The third kappa shape index (κ3) is 3.78. The van der Waals surface area contributed by atoms with E-state index in [-0.39, 0.29) is 18.4 Å². The highest BCUT2D eigenvalue weighted by molar-refractivity contribution is 14.1. The van der Waals surface area contributed by atoms with Gasteiger partial charge in [-0.25, -0.2) is 0 Å². The highest BCUT2D eigenvalue weighted by Gasteiger charge is 2.07. The number of phenolic OH excluding ortho intramolecular Hbond substituents is 1. The zero-order valence-corrected chi connectivity index (χ0v) is 12.4. The van der Waals surface area contributed by atoms with Gasteiger partial charge in [0.05, 0.1) is 12.6 Å². The Balaban J connectivity index is 2.23. The first-order valence-electron chi connectivity index (χ1n) is 5.88. The fourth-order valence-corrected chi connectivity index (χ4v) is 2.23. The molecule has 0 unspecified atom stereocenters. The number of rotatable bonds is 4. The third-order valence-electron chi connectivity index (χ3n) is 2.74. The zero-order valence-electron chi connectivity index (χ0n) is 10.2. The van der Waals surface area contributed by atoms with Gasteiger partial charge in [-0.05, 0) is 46.4 Å². The minimum atomic E-state index is -0.307. The van der Waals surface area contributed by atoms with Crippen LogP contribution in [0.25, 0.3) is 0 Å². The molecule has 0 aliphatic heterocycles. The second kappa shape index (κ2) is 6.68. The van der Waals surface area contributed by atoms with E-state index < -0.39 is 0 Å². The molecule has 2 aromatic rings. The first-order chi connectivity index (χ1) is 9.20. The number of phenols is 1. The quantitative estimate of drug-likeness (QED) is 0.645. The average Bonchev–Trinajstić information content (AvgIpc) is 2.44. The summed E-state index contributed by atoms with van der Waals surface area (Å²) in [5.41, 5.74) is 1.60. The molecule has 2 rings (SSSR count). The summed E-state index contributed by atoms with van der Waals surface area (Å²) in [7, 11) is 0. The molecule has 0 spiro atoms. The van der Waals surface area contributed by atoms with Gasteiger partial charge in [-0.15, -0.1) is 0 Å². The normalized spacial score (nSPS) is 12.7. The fourth-order valence-electron chi connectivity index (χ4n) is 1.71. The van der Waals surface area contributed by atoms with Crippen LogP contribution in [-0.2, 0) is 0 Å². The van der Waals surface area contributed by atoms with E-state index in [0.29, 0.717) is 5.56 Å². The second-order valence-corrected chi connectivity index (χ2v) is 5.34. The summed E-state index contributed by atoms with van der Waals surface area (Å²) in [6, 6.07) is 14.6. The Hall–Kier alpha value is -1.40. The Kier molecular flexibility index (Phi) is 4.93. The standard InChI is InChI=1S/C15H14INO2/c16-13-6-7-15(19)12(8-13)9-17-14(10-18)11-4-2-1-3-5-11/h1-9,14,18-19H,10H2/t14-/m1/s1. The van der Waals surface area contributed by atoms with Gasteiger partial charge in [0.15, 0.2) is 0 Å². The van der Waals surface area contributed by atoms with E-state index in [1.165, 1.54) is 0 Å². The van der Waals surface area contributed by atoms with Gasteiger partial charge >= 0.3 is 0 Å². The molecule has 0 saturated carbocycles. The van der Waals surface area contributed by atoms with Crippen LogP contribution in [0.3, 0.4) is 0 Å². The van der Waals surface area contributed by atoms with Gasteiger partial charge in [0.2, 0.25) is 0 Å². The van der Waals surface area contributed by atoms with Gasteiger partial charge in [0.25, 0.3) is 0 Å². The van der Waals surface area contributed by atoms with Crippen LogP contribution in [0, 0.1) is 3.57 Å². The summed E-state index contributed by atoms with van der Waals surface area (Å²) in [4.78, 5) is 4.35. The number of benzene rings is 2. The van der Waals surface area contributed by atoms with Crippen molar-refractivity contribution in [2.24, 2.45) is 4.99 Å². The Bertz CT molecular complexity index is 570. The van der Waals surface area contributed by atoms with E-state index >= 15 is 0 Å². The second-order valence-electron chi connectivity index (χ2n) is 4.09. The summed E-state index contributed by atoms with van der Waals surface area (Å²) in [5, 5.41) is 19.1. The van der Waals surface area contributed by atoms with Crippen LogP contribution in [0.15, 0.2) is 53.5 Å². The third-order valence-corrected chi connectivity index (χ3v) is 3.41. The van der Waals surface area contributed by atoms with Crippen LogP contribution < -0.4 is 0 Å². The summed E-state index contributed by atoms with van der Waals surface area (Å²) in [6.45, 7) is -0.0643. The number of hydrogen-bond donors (Lipinski definition) is 2. The summed E-state index contributed by atoms with van der Waals surface area (Å²) in [6.07, 6.45) is 1.60. The molecular formula is C15H14INO2. The maximum Gasteiger partial charge on any atom is 0.124 e. The first kappa shape index (κ1) is 14.0. The van der Waals surface area contributed by atoms with Crippen LogP contribution >= 0.6 is 22.6 Å². The van der Waals surface area contributed by atoms with Gasteiger partial charge in [-0.3, -0.25) is 4.99 Å². The molecule has 0 fully saturated rings. The van der Waals surface area contributed by atoms with Crippen molar-refractivity contribution >= 4 is 28.8 Å². The molecule has 0 aliphatic rings. The molecule has 0 heterocycles. The van der Waals surface area contributed by atoms with E-state index in [2.05, 4.69) is 27.6 Å². The molecule has 19 heavy (non-hydrogen) atoms. The smallest absolute Gasteiger partial charge is 0.124 e. The molecule has 0 radical (unpaired) electrons. The monoisotopic (exact) mass is 367 g/mol. The minimum Gasteiger partial charge on any atom is -0.507 e. The minimum absolute atomic E-state index is 0.0643. The lowest BCUT2D eigenvalue weighted by Gasteiger charge is -2.09. The van der Waals surface area contributed by atoms with Crippen molar-refractivity contribution in [3.05, 3.63) is 63.2 Å². The van der Waals surface area contributed by atoms with Gasteiger partial charge in [-0.1, -0.05) is 30.3 Å². The van der Waals surface area contributed by atoms with Gasteiger partial charge in [-0.2, -0.15) is 0 Å². The van der Waals surface area contributed by atoms with Crippen LogP contribution in [0.4, 0.5) is 0 Å². The van der Waals surface area contributed by atoms with Crippen LogP contribution in [0.5, 0.6) is 5.75 Å². The van der Waals surface area contributed by atoms with E-state index in [1.54, 1.807) is 12.3 Å². The molecule has 1 atom stereocenters. The molecular weight excluding hydrogens is 353 g/mol. The molecule has 3 nitrogen and oxygen atoms in total. The first-order valence-corrected chi connectivity index (χ1v) is 6.96. The largest absolute Gasteiger partial charge is 0.507 e. The van der Waals surface area contributed by atoms with Crippen molar-refractivity contribution in [1.82, 2.24) is 0 Å². The van der Waals surface area contributed by atoms with Crippen LogP contribution in [-0.4, -0.2) is 23.0 Å². The highest BCUT2D eigenvalue weighted by atomic mass is 127. The predicted octanol–water partition coefficient (Wildman–Crippen LogP) is 3.15. The van der Waals surface area contributed by atoms with Crippen molar-refractivity contribution in [2.45, 2.75) is 6.04 Å². The number of aliphatic hydroxyl groups excluding tert-OH is 1. The number of aliphatic imine (C=N–C) groups is 1. The van der Waals surface area contributed by atoms with Crippen molar-refractivity contribution in [3.8, 4) is 5.75 Å². The molecule has 4 heteroatoms. The van der Waals surface area contributed by atoms with E-state index in [4.69, 9.17) is 0 Å². The Labute approximate surface area is 125 Å². The number of halogens is 1. The Morgan fingerprint density at radius 1 is 1.16 bits per heavy atom. The summed E-state index contributed by atoms with van der Waals surface area (Å²) >= 11 is 2.18. The van der Waals surface area contributed by atoms with Crippen molar-refractivity contribution in [3.63, 3.8) is 0 Å². The molecule has 0 aromatic heterocycles.